The molecule has 1 atom stereocenters. The molecule has 0 saturated carbocycles. The van der Waals surface area contributed by atoms with Gasteiger partial charge >= 0.3 is 5.97 Å². The molecule has 4 heteroatoms. The molecular weight excluding hydrogens is 180 g/mol. The van der Waals surface area contributed by atoms with Gasteiger partial charge in [-0.3, -0.25) is 9.48 Å². The molecule has 0 aliphatic heterocycles. The fraction of sp³-hybridized carbons (Fsp3) is 0.600. The summed E-state index contributed by atoms with van der Waals surface area (Å²) in [7, 11) is 0. The van der Waals surface area contributed by atoms with E-state index in [9.17, 15) is 4.79 Å². The van der Waals surface area contributed by atoms with Crippen LogP contribution in [-0.4, -0.2) is 20.9 Å². The number of carboxylic acids is 1. The van der Waals surface area contributed by atoms with E-state index in [1.54, 1.807) is 16.9 Å². The highest BCUT2D eigenvalue weighted by atomic mass is 16.4. The summed E-state index contributed by atoms with van der Waals surface area (Å²) in [6, 6.07) is 1.98. The monoisotopic (exact) mass is 196 g/mol. The van der Waals surface area contributed by atoms with Crippen molar-refractivity contribution in [2.24, 2.45) is 0 Å². The molecule has 14 heavy (non-hydrogen) atoms. The van der Waals surface area contributed by atoms with Crippen LogP contribution in [0.25, 0.3) is 0 Å². The van der Waals surface area contributed by atoms with Gasteiger partial charge in [0.2, 0.25) is 0 Å². The Morgan fingerprint density at radius 1 is 1.64 bits per heavy atom. The summed E-state index contributed by atoms with van der Waals surface area (Å²) in [5.41, 5.74) is 0.787. The van der Waals surface area contributed by atoms with E-state index in [0.29, 0.717) is 6.42 Å². The molecule has 0 aromatic carbocycles. The lowest BCUT2D eigenvalue weighted by Gasteiger charge is -2.15. The summed E-state index contributed by atoms with van der Waals surface area (Å²) in [6.07, 6.45) is 2.24. The maximum absolute atomic E-state index is 11.0. The summed E-state index contributed by atoms with van der Waals surface area (Å²) in [4.78, 5) is 11.0. The van der Waals surface area contributed by atoms with Crippen LogP contribution in [0.2, 0.25) is 0 Å². The van der Waals surface area contributed by atoms with Gasteiger partial charge in [0.15, 0.2) is 0 Å². The minimum Gasteiger partial charge on any atom is -0.481 e. The number of aliphatic carboxylic acids is 1. The van der Waals surface area contributed by atoms with Gasteiger partial charge in [-0.1, -0.05) is 6.92 Å². The van der Waals surface area contributed by atoms with Crippen molar-refractivity contribution < 1.29 is 9.90 Å². The molecule has 1 N–H and O–H groups in total. The number of nitrogens with zero attached hydrogens (tertiary/aromatic N) is 2. The van der Waals surface area contributed by atoms with E-state index in [1.807, 2.05) is 20.8 Å². The molecule has 0 saturated heterocycles. The average Bonchev–Trinajstić information content (AvgIpc) is 2.53. The lowest BCUT2D eigenvalue weighted by Crippen LogP contribution is -2.17. The fourth-order valence-electron chi connectivity index (χ4n) is 1.54. The first kappa shape index (κ1) is 10.8. The molecular formula is C10H16N2O2. The van der Waals surface area contributed by atoms with Gasteiger partial charge in [0.25, 0.3) is 0 Å². The molecule has 78 valence electrons. The van der Waals surface area contributed by atoms with E-state index in [2.05, 4.69) is 5.10 Å². The summed E-state index contributed by atoms with van der Waals surface area (Å²) in [6.45, 7) is 5.85. The van der Waals surface area contributed by atoms with Crippen molar-refractivity contribution in [1.29, 1.82) is 0 Å². The highest BCUT2D eigenvalue weighted by Gasteiger charge is 2.22. The third kappa shape index (κ3) is 1.95. The summed E-state index contributed by atoms with van der Waals surface area (Å²) < 4.78 is 1.77. The smallest absolute Gasteiger partial charge is 0.312 e. The molecule has 1 rings (SSSR count). The fourth-order valence-corrected chi connectivity index (χ4v) is 1.54. The SMILES string of the molecule is CCC(C(=O)O)c1ccnn1C(C)C. The van der Waals surface area contributed by atoms with Crippen LogP contribution >= 0.6 is 0 Å². The Morgan fingerprint density at radius 2 is 2.29 bits per heavy atom. The second-order valence-corrected chi connectivity index (χ2v) is 3.59. The number of aromatic nitrogens is 2. The predicted octanol–water partition coefficient (Wildman–Crippen LogP) is 2.04. The normalized spacial score (nSPS) is 13.1. The van der Waals surface area contributed by atoms with E-state index in [-0.39, 0.29) is 6.04 Å². The number of carboxylic acid groups (broad SMARTS) is 1. The molecule has 4 nitrogen and oxygen atoms in total. The molecule has 0 amide bonds. The zero-order valence-corrected chi connectivity index (χ0v) is 8.77. The Bertz CT molecular complexity index is 318. The van der Waals surface area contributed by atoms with Gasteiger partial charge < -0.3 is 5.11 Å². The van der Waals surface area contributed by atoms with E-state index in [1.165, 1.54) is 0 Å². The van der Waals surface area contributed by atoms with Crippen molar-refractivity contribution >= 4 is 5.97 Å². The third-order valence-corrected chi connectivity index (χ3v) is 2.25. The van der Waals surface area contributed by atoms with Crippen molar-refractivity contribution in [2.75, 3.05) is 0 Å². The second kappa shape index (κ2) is 4.26. The predicted molar refractivity (Wildman–Crippen MR) is 53.3 cm³/mol. The van der Waals surface area contributed by atoms with Crippen molar-refractivity contribution in [3.63, 3.8) is 0 Å². The lowest BCUT2D eigenvalue weighted by molar-refractivity contribution is -0.139. The Balaban J connectivity index is 3.03. The Morgan fingerprint density at radius 3 is 2.71 bits per heavy atom. The Labute approximate surface area is 83.5 Å². The largest absolute Gasteiger partial charge is 0.481 e. The first-order chi connectivity index (χ1) is 6.57. The van der Waals surface area contributed by atoms with Crippen molar-refractivity contribution in [2.45, 2.75) is 39.2 Å². The molecule has 0 aliphatic rings. The highest BCUT2D eigenvalue weighted by Crippen LogP contribution is 2.21. The number of carbonyl (C=O) groups is 1. The molecule has 1 unspecified atom stereocenters. The van der Waals surface area contributed by atoms with E-state index in [4.69, 9.17) is 5.11 Å². The minimum absolute atomic E-state index is 0.202. The van der Waals surface area contributed by atoms with Crippen molar-refractivity contribution in [3.8, 4) is 0 Å². The Hall–Kier alpha value is -1.32. The standard InChI is InChI=1S/C10H16N2O2/c1-4-8(10(13)14)9-5-6-11-12(9)7(2)3/h5-8H,4H2,1-3H3,(H,13,14). The molecule has 1 aromatic heterocycles. The second-order valence-electron chi connectivity index (χ2n) is 3.59. The first-order valence-corrected chi connectivity index (χ1v) is 4.84. The quantitative estimate of drug-likeness (QED) is 0.801. The van der Waals surface area contributed by atoms with E-state index >= 15 is 0 Å². The highest BCUT2D eigenvalue weighted by molar-refractivity contribution is 5.75. The molecule has 1 heterocycles. The van der Waals surface area contributed by atoms with Gasteiger partial charge in [-0.2, -0.15) is 5.10 Å². The zero-order valence-electron chi connectivity index (χ0n) is 8.77. The van der Waals surface area contributed by atoms with Crippen LogP contribution in [0.3, 0.4) is 0 Å². The summed E-state index contributed by atoms with van der Waals surface area (Å²) >= 11 is 0. The molecule has 0 spiro atoms. The number of hydrogen-bond acceptors (Lipinski definition) is 2. The van der Waals surface area contributed by atoms with E-state index < -0.39 is 11.9 Å². The van der Waals surface area contributed by atoms with Gasteiger partial charge in [-0.15, -0.1) is 0 Å². The van der Waals surface area contributed by atoms with Gasteiger partial charge in [-0.25, -0.2) is 0 Å². The average molecular weight is 196 g/mol. The van der Waals surface area contributed by atoms with Crippen LogP contribution in [0.5, 0.6) is 0 Å². The maximum atomic E-state index is 11.0. The van der Waals surface area contributed by atoms with Gasteiger partial charge in [0, 0.05) is 12.2 Å². The molecule has 1 aromatic rings. The van der Waals surface area contributed by atoms with E-state index in [0.717, 1.165) is 5.69 Å². The zero-order chi connectivity index (χ0) is 10.7. The Kier molecular flexibility index (Phi) is 3.28. The number of rotatable bonds is 4. The van der Waals surface area contributed by atoms with Crippen LogP contribution in [0, 0.1) is 0 Å². The summed E-state index contributed by atoms with van der Waals surface area (Å²) in [5.74, 6) is -1.23. The first-order valence-electron chi connectivity index (χ1n) is 4.84. The molecule has 0 bridgehead atoms. The minimum atomic E-state index is -0.782. The van der Waals surface area contributed by atoms with Crippen LogP contribution < -0.4 is 0 Å². The molecule has 0 fully saturated rings. The maximum Gasteiger partial charge on any atom is 0.312 e. The third-order valence-electron chi connectivity index (χ3n) is 2.25. The van der Waals surface area contributed by atoms with Crippen LogP contribution in [0.1, 0.15) is 44.8 Å². The van der Waals surface area contributed by atoms with Crippen LogP contribution in [0.15, 0.2) is 12.3 Å². The number of hydrogen-bond donors (Lipinski definition) is 1. The lowest BCUT2D eigenvalue weighted by atomic mass is 10.0. The van der Waals surface area contributed by atoms with Crippen molar-refractivity contribution in [1.82, 2.24) is 9.78 Å². The van der Waals surface area contributed by atoms with Crippen molar-refractivity contribution in [3.05, 3.63) is 18.0 Å². The van der Waals surface area contributed by atoms with Crippen LogP contribution in [0.4, 0.5) is 0 Å². The topological polar surface area (TPSA) is 55.1 Å². The molecule has 0 radical (unpaired) electrons. The van der Waals surface area contributed by atoms with Gasteiger partial charge in [0.1, 0.15) is 0 Å². The molecule has 0 aliphatic carbocycles. The summed E-state index contributed by atoms with van der Waals surface area (Å²) in [5, 5.41) is 13.1. The van der Waals surface area contributed by atoms with Gasteiger partial charge in [-0.05, 0) is 26.3 Å². The van der Waals surface area contributed by atoms with Crippen LogP contribution in [-0.2, 0) is 4.79 Å². The van der Waals surface area contributed by atoms with Gasteiger partial charge in [0.05, 0.1) is 11.6 Å².